The maximum Gasteiger partial charge on any atom is 0.308 e. The quantitative estimate of drug-likeness (QED) is 0.570. The van der Waals surface area contributed by atoms with Crippen LogP contribution in [0.15, 0.2) is 54.6 Å². The summed E-state index contributed by atoms with van der Waals surface area (Å²) in [4.78, 5) is 25.7. The van der Waals surface area contributed by atoms with Gasteiger partial charge < -0.3 is 10.1 Å². The number of carbonyl (C=O) groups is 2. The van der Waals surface area contributed by atoms with Crippen LogP contribution in [0.1, 0.15) is 24.9 Å². The zero-order valence-corrected chi connectivity index (χ0v) is 16.5. The Kier molecular flexibility index (Phi) is 6.91. The largest absolute Gasteiger partial charge is 0.466 e. The lowest BCUT2D eigenvalue weighted by molar-refractivity contribution is -0.143. The molecule has 1 atom stereocenters. The molecule has 1 amide bonds. The second-order valence-electron chi connectivity index (χ2n) is 6.16. The second-order valence-corrected chi connectivity index (χ2v) is 6.57. The van der Waals surface area contributed by atoms with Gasteiger partial charge in [0.05, 0.1) is 19.1 Å². The molecule has 3 rings (SSSR count). The Labute approximate surface area is 172 Å². The monoisotopic (exact) mass is 413 g/mol. The molecule has 0 spiro atoms. The summed E-state index contributed by atoms with van der Waals surface area (Å²) in [5, 5.41) is 15.4. The highest BCUT2D eigenvalue weighted by atomic mass is 35.5. The van der Waals surface area contributed by atoms with Gasteiger partial charge in [0.15, 0.2) is 0 Å². The van der Waals surface area contributed by atoms with Crippen LogP contribution in [-0.2, 0) is 20.9 Å². The Morgan fingerprint density at radius 2 is 1.86 bits per heavy atom. The van der Waals surface area contributed by atoms with E-state index in [0.717, 1.165) is 5.56 Å². The lowest BCUT2D eigenvalue weighted by Crippen LogP contribution is -2.34. The predicted octanol–water partition coefficient (Wildman–Crippen LogP) is 2.80. The van der Waals surface area contributed by atoms with Crippen molar-refractivity contribution in [1.29, 1.82) is 0 Å². The molecule has 1 N–H and O–H groups in total. The number of halogens is 1. The van der Waals surface area contributed by atoms with Crippen LogP contribution in [0.25, 0.3) is 11.4 Å². The molecule has 0 aliphatic rings. The molecule has 9 heteroatoms. The van der Waals surface area contributed by atoms with E-state index in [-0.39, 0.29) is 25.5 Å². The third kappa shape index (κ3) is 5.61. The van der Waals surface area contributed by atoms with Crippen LogP contribution in [0, 0.1) is 0 Å². The lowest BCUT2D eigenvalue weighted by atomic mass is 10.0. The van der Waals surface area contributed by atoms with Crippen molar-refractivity contribution in [3.8, 4) is 11.4 Å². The summed E-state index contributed by atoms with van der Waals surface area (Å²) in [5.74, 6) is -0.383. The van der Waals surface area contributed by atoms with Gasteiger partial charge in [-0.3, -0.25) is 9.59 Å². The highest BCUT2D eigenvalue weighted by Gasteiger charge is 2.22. The first-order valence-electron chi connectivity index (χ1n) is 9.09. The van der Waals surface area contributed by atoms with Gasteiger partial charge >= 0.3 is 5.97 Å². The molecule has 0 radical (unpaired) electrons. The van der Waals surface area contributed by atoms with Crippen molar-refractivity contribution in [1.82, 2.24) is 25.5 Å². The van der Waals surface area contributed by atoms with E-state index in [9.17, 15) is 9.59 Å². The smallest absolute Gasteiger partial charge is 0.308 e. The second kappa shape index (κ2) is 9.79. The Morgan fingerprint density at radius 3 is 2.59 bits per heavy atom. The number of hydrogen-bond donors (Lipinski definition) is 1. The maximum absolute atomic E-state index is 12.6. The average molecular weight is 414 g/mol. The molecule has 0 fully saturated rings. The van der Waals surface area contributed by atoms with Crippen molar-refractivity contribution in [2.45, 2.75) is 25.9 Å². The third-order valence-electron chi connectivity index (χ3n) is 4.06. The molecule has 0 saturated heterocycles. The lowest BCUT2D eigenvalue weighted by Gasteiger charge is -2.19. The van der Waals surface area contributed by atoms with Gasteiger partial charge in [-0.25, -0.2) is 0 Å². The number of esters is 1. The molecule has 0 aliphatic heterocycles. The first kappa shape index (κ1) is 20.5. The van der Waals surface area contributed by atoms with Crippen LogP contribution in [0.5, 0.6) is 0 Å². The first-order valence-corrected chi connectivity index (χ1v) is 9.47. The van der Waals surface area contributed by atoms with Crippen LogP contribution in [-0.4, -0.2) is 38.7 Å². The van der Waals surface area contributed by atoms with E-state index in [1.807, 2.05) is 30.3 Å². The number of amides is 1. The SMILES string of the molecule is CCOC(=O)CC(NC(=O)Cn1nnc(-c2ccccc2)n1)c1ccccc1Cl. The van der Waals surface area contributed by atoms with Gasteiger partial charge in [0.1, 0.15) is 6.54 Å². The van der Waals surface area contributed by atoms with Crippen LogP contribution in [0.3, 0.4) is 0 Å². The molecule has 0 bridgehead atoms. The summed E-state index contributed by atoms with van der Waals surface area (Å²) in [5.41, 5.74) is 1.43. The van der Waals surface area contributed by atoms with E-state index in [2.05, 4.69) is 20.7 Å². The molecular weight excluding hydrogens is 394 g/mol. The van der Waals surface area contributed by atoms with Gasteiger partial charge in [-0.1, -0.05) is 60.1 Å². The summed E-state index contributed by atoms with van der Waals surface area (Å²) < 4.78 is 5.01. The Morgan fingerprint density at radius 1 is 1.14 bits per heavy atom. The number of nitrogens with zero attached hydrogens (tertiary/aromatic N) is 4. The van der Waals surface area contributed by atoms with Crippen LogP contribution >= 0.6 is 11.6 Å². The molecule has 150 valence electrons. The number of rotatable bonds is 8. The van der Waals surface area contributed by atoms with E-state index in [4.69, 9.17) is 16.3 Å². The van der Waals surface area contributed by atoms with Crippen LogP contribution in [0.4, 0.5) is 0 Å². The third-order valence-corrected chi connectivity index (χ3v) is 4.41. The fourth-order valence-corrected chi connectivity index (χ4v) is 3.03. The highest BCUT2D eigenvalue weighted by Crippen LogP contribution is 2.25. The van der Waals surface area contributed by atoms with Crippen LogP contribution in [0.2, 0.25) is 5.02 Å². The fourth-order valence-electron chi connectivity index (χ4n) is 2.76. The molecule has 8 nitrogen and oxygen atoms in total. The number of nitrogens with one attached hydrogen (secondary N) is 1. The van der Waals surface area contributed by atoms with E-state index in [0.29, 0.717) is 16.4 Å². The highest BCUT2D eigenvalue weighted by molar-refractivity contribution is 6.31. The van der Waals surface area contributed by atoms with Gasteiger partial charge in [-0.05, 0) is 23.8 Å². The van der Waals surface area contributed by atoms with Crippen molar-refractivity contribution in [2.75, 3.05) is 6.61 Å². The normalized spacial score (nSPS) is 11.7. The Balaban J connectivity index is 1.70. The number of carbonyl (C=O) groups excluding carboxylic acids is 2. The van der Waals surface area contributed by atoms with Gasteiger partial charge in [0, 0.05) is 10.6 Å². The molecule has 1 heterocycles. The molecular formula is C20H20ClN5O3. The number of ether oxygens (including phenoxy) is 1. The van der Waals surface area contributed by atoms with Crippen molar-refractivity contribution < 1.29 is 14.3 Å². The summed E-state index contributed by atoms with van der Waals surface area (Å²) >= 11 is 6.25. The minimum Gasteiger partial charge on any atom is -0.466 e. The minimum absolute atomic E-state index is 0.0383. The van der Waals surface area contributed by atoms with Gasteiger partial charge in [0.2, 0.25) is 11.7 Å². The Hall–Kier alpha value is -3.26. The summed E-state index contributed by atoms with van der Waals surface area (Å²) in [6.45, 7) is 1.83. The van der Waals surface area contributed by atoms with E-state index in [1.165, 1.54) is 4.80 Å². The maximum atomic E-state index is 12.6. The van der Waals surface area contributed by atoms with Crippen LogP contribution < -0.4 is 5.32 Å². The van der Waals surface area contributed by atoms with E-state index in [1.54, 1.807) is 31.2 Å². The van der Waals surface area contributed by atoms with Gasteiger partial charge in [0.25, 0.3) is 0 Å². The number of tetrazole rings is 1. The van der Waals surface area contributed by atoms with Crippen molar-refractivity contribution in [3.63, 3.8) is 0 Å². The molecule has 2 aromatic carbocycles. The fraction of sp³-hybridized carbons (Fsp3) is 0.250. The molecule has 0 saturated carbocycles. The number of hydrogen-bond acceptors (Lipinski definition) is 6. The zero-order chi connectivity index (χ0) is 20.6. The van der Waals surface area contributed by atoms with Crippen molar-refractivity contribution in [2.24, 2.45) is 0 Å². The summed E-state index contributed by atoms with van der Waals surface area (Å²) in [6, 6.07) is 15.7. The molecule has 1 aromatic heterocycles. The number of benzene rings is 2. The molecule has 0 aliphatic carbocycles. The molecule has 29 heavy (non-hydrogen) atoms. The Bertz CT molecular complexity index is 977. The zero-order valence-electron chi connectivity index (χ0n) is 15.8. The summed E-state index contributed by atoms with van der Waals surface area (Å²) in [6.07, 6.45) is -0.0383. The summed E-state index contributed by atoms with van der Waals surface area (Å²) in [7, 11) is 0. The standard InChI is InChI=1S/C20H20ClN5O3/c1-2-29-19(28)12-17(15-10-6-7-11-16(15)21)22-18(27)13-26-24-20(23-25-26)14-8-4-3-5-9-14/h3-11,17H,2,12-13H2,1H3,(H,22,27). The predicted molar refractivity (Wildman–Crippen MR) is 107 cm³/mol. The van der Waals surface area contributed by atoms with Gasteiger partial charge in [-0.15, -0.1) is 10.2 Å². The van der Waals surface area contributed by atoms with Crippen molar-refractivity contribution in [3.05, 3.63) is 65.2 Å². The molecule has 3 aromatic rings. The van der Waals surface area contributed by atoms with Gasteiger partial charge in [-0.2, -0.15) is 4.80 Å². The van der Waals surface area contributed by atoms with Crippen molar-refractivity contribution >= 4 is 23.5 Å². The topological polar surface area (TPSA) is 99.0 Å². The number of aromatic nitrogens is 4. The molecule has 1 unspecified atom stereocenters. The minimum atomic E-state index is -0.632. The van der Waals surface area contributed by atoms with E-state index >= 15 is 0 Å². The first-order chi connectivity index (χ1) is 14.1. The van der Waals surface area contributed by atoms with E-state index < -0.39 is 12.0 Å². The average Bonchev–Trinajstić information content (AvgIpc) is 3.17.